The van der Waals surface area contributed by atoms with Crippen molar-refractivity contribution >= 4 is 0 Å². The van der Waals surface area contributed by atoms with Gasteiger partial charge in [-0.1, -0.05) is 18.2 Å². The minimum Gasteiger partial charge on any atom is -0.457 e. The van der Waals surface area contributed by atoms with Crippen molar-refractivity contribution in [3.8, 4) is 11.5 Å². The molecule has 2 aromatic carbocycles. The Morgan fingerprint density at radius 1 is 0.944 bits per heavy atom. The van der Waals surface area contributed by atoms with Crippen molar-refractivity contribution in [3.05, 3.63) is 58.7 Å². The molecule has 0 unspecified atom stereocenters. The molecule has 0 saturated heterocycles. The third-order valence-corrected chi connectivity index (χ3v) is 3.15. The van der Waals surface area contributed by atoms with Crippen molar-refractivity contribution in [2.45, 2.75) is 27.3 Å². The highest BCUT2D eigenvalue weighted by atomic mass is 16.5. The molecule has 2 aromatic rings. The van der Waals surface area contributed by atoms with E-state index in [1.807, 2.05) is 25.1 Å². The van der Waals surface area contributed by atoms with E-state index in [2.05, 4.69) is 32.0 Å². The highest BCUT2D eigenvalue weighted by Gasteiger charge is 2.05. The monoisotopic (exact) mass is 241 g/mol. The molecule has 2 rings (SSSR count). The Morgan fingerprint density at radius 3 is 2.39 bits per heavy atom. The van der Waals surface area contributed by atoms with Gasteiger partial charge in [0.25, 0.3) is 0 Å². The lowest BCUT2D eigenvalue weighted by molar-refractivity contribution is 0.475. The minimum absolute atomic E-state index is 0.487. The van der Waals surface area contributed by atoms with Gasteiger partial charge in [-0.3, -0.25) is 0 Å². The van der Waals surface area contributed by atoms with Crippen LogP contribution in [0.25, 0.3) is 0 Å². The van der Waals surface area contributed by atoms with E-state index in [9.17, 15) is 0 Å². The van der Waals surface area contributed by atoms with Crippen LogP contribution in [0.15, 0.2) is 36.4 Å². The summed E-state index contributed by atoms with van der Waals surface area (Å²) in [6.07, 6.45) is 0. The van der Waals surface area contributed by atoms with Crippen molar-refractivity contribution in [1.29, 1.82) is 0 Å². The first kappa shape index (κ1) is 12.7. The Balaban J connectivity index is 2.33. The first-order chi connectivity index (χ1) is 8.60. The molecule has 0 aromatic heterocycles. The van der Waals surface area contributed by atoms with Gasteiger partial charge in [-0.15, -0.1) is 0 Å². The third kappa shape index (κ3) is 2.71. The lowest BCUT2D eigenvalue weighted by atomic mass is 10.1. The van der Waals surface area contributed by atoms with Crippen molar-refractivity contribution in [2.75, 3.05) is 0 Å². The Kier molecular flexibility index (Phi) is 3.68. The zero-order chi connectivity index (χ0) is 13.1. The lowest BCUT2D eigenvalue weighted by Gasteiger charge is -2.12. The molecule has 0 aliphatic heterocycles. The predicted molar refractivity (Wildman–Crippen MR) is 75.1 cm³/mol. The summed E-state index contributed by atoms with van der Waals surface area (Å²) in [5, 5.41) is 0. The van der Waals surface area contributed by atoms with Gasteiger partial charge < -0.3 is 10.5 Å². The smallest absolute Gasteiger partial charge is 0.132 e. The molecular weight excluding hydrogens is 222 g/mol. The molecule has 0 radical (unpaired) electrons. The Labute approximate surface area is 108 Å². The van der Waals surface area contributed by atoms with Gasteiger partial charge in [0.05, 0.1) is 0 Å². The summed E-state index contributed by atoms with van der Waals surface area (Å²) in [7, 11) is 0. The summed E-state index contributed by atoms with van der Waals surface area (Å²) < 4.78 is 5.94. The molecule has 18 heavy (non-hydrogen) atoms. The van der Waals surface area contributed by atoms with Gasteiger partial charge in [0, 0.05) is 12.1 Å². The Morgan fingerprint density at radius 2 is 1.72 bits per heavy atom. The van der Waals surface area contributed by atoms with Crippen LogP contribution in [-0.4, -0.2) is 0 Å². The number of nitrogens with two attached hydrogens (primary N) is 1. The van der Waals surface area contributed by atoms with Crippen molar-refractivity contribution < 1.29 is 4.74 Å². The van der Waals surface area contributed by atoms with Crippen molar-refractivity contribution in [3.63, 3.8) is 0 Å². The number of benzene rings is 2. The Hall–Kier alpha value is -1.80. The topological polar surface area (TPSA) is 35.2 Å². The largest absolute Gasteiger partial charge is 0.457 e. The molecule has 0 atom stereocenters. The second-order valence-electron chi connectivity index (χ2n) is 4.66. The van der Waals surface area contributed by atoms with Crippen LogP contribution < -0.4 is 10.5 Å². The summed E-state index contributed by atoms with van der Waals surface area (Å²) in [4.78, 5) is 0. The SMILES string of the molecule is Cc1ccc(CN)c(Oc2ccc(C)c(C)c2)c1. The van der Waals surface area contributed by atoms with E-state index in [-0.39, 0.29) is 0 Å². The zero-order valence-corrected chi connectivity index (χ0v) is 11.2. The maximum Gasteiger partial charge on any atom is 0.132 e. The van der Waals surface area contributed by atoms with Gasteiger partial charge in [0.15, 0.2) is 0 Å². The predicted octanol–water partition coefficient (Wildman–Crippen LogP) is 3.86. The second kappa shape index (κ2) is 5.23. The molecule has 0 aliphatic carbocycles. The highest BCUT2D eigenvalue weighted by Crippen LogP contribution is 2.27. The van der Waals surface area contributed by atoms with Crippen molar-refractivity contribution in [1.82, 2.24) is 0 Å². The highest BCUT2D eigenvalue weighted by molar-refractivity contribution is 5.42. The number of hydrogen-bond donors (Lipinski definition) is 1. The van der Waals surface area contributed by atoms with Crippen LogP contribution in [0, 0.1) is 20.8 Å². The summed E-state index contributed by atoms with van der Waals surface area (Å²) >= 11 is 0. The minimum atomic E-state index is 0.487. The van der Waals surface area contributed by atoms with Crippen LogP contribution in [0.5, 0.6) is 11.5 Å². The molecule has 0 heterocycles. The molecule has 2 N–H and O–H groups in total. The van der Waals surface area contributed by atoms with E-state index >= 15 is 0 Å². The second-order valence-corrected chi connectivity index (χ2v) is 4.66. The molecule has 0 saturated carbocycles. The maximum atomic E-state index is 5.94. The molecule has 0 fully saturated rings. The number of aryl methyl sites for hydroxylation is 3. The van der Waals surface area contributed by atoms with E-state index < -0.39 is 0 Å². The molecule has 2 heteroatoms. The molecule has 2 nitrogen and oxygen atoms in total. The first-order valence-corrected chi connectivity index (χ1v) is 6.15. The summed E-state index contributed by atoms with van der Waals surface area (Å²) in [5.74, 6) is 1.71. The average Bonchev–Trinajstić information content (AvgIpc) is 2.34. The van der Waals surface area contributed by atoms with Gasteiger partial charge in [0.1, 0.15) is 11.5 Å². The van der Waals surface area contributed by atoms with E-state index in [1.54, 1.807) is 0 Å². The summed E-state index contributed by atoms with van der Waals surface area (Å²) in [6, 6.07) is 12.2. The maximum absolute atomic E-state index is 5.94. The van der Waals surface area contributed by atoms with Crippen LogP contribution in [0.4, 0.5) is 0 Å². The van der Waals surface area contributed by atoms with Crippen LogP contribution in [0.3, 0.4) is 0 Å². The van der Waals surface area contributed by atoms with Crippen LogP contribution in [-0.2, 0) is 6.54 Å². The third-order valence-electron chi connectivity index (χ3n) is 3.15. The molecule has 0 amide bonds. The number of hydrogen-bond acceptors (Lipinski definition) is 2. The van der Waals surface area contributed by atoms with Crippen LogP contribution >= 0.6 is 0 Å². The number of rotatable bonds is 3. The van der Waals surface area contributed by atoms with Gasteiger partial charge in [-0.25, -0.2) is 0 Å². The lowest BCUT2D eigenvalue weighted by Crippen LogP contribution is -2.00. The normalized spacial score (nSPS) is 10.4. The van der Waals surface area contributed by atoms with E-state index in [4.69, 9.17) is 10.5 Å². The zero-order valence-electron chi connectivity index (χ0n) is 11.2. The molecule has 94 valence electrons. The number of ether oxygens (including phenoxy) is 1. The summed E-state index contributed by atoms with van der Waals surface area (Å²) in [6.45, 7) is 6.72. The van der Waals surface area contributed by atoms with E-state index in [0.717, 1.165) is 17.1 Å². The van der Waals surface area contributed by atoms with Gasteiger partial charge >= 0.3 is 0 Å². The standard InChI is InChI=1S/C16H19NO/c1-11-4-6-14(10-17)16(8-11)18-15-7-5-12(2)13(3)9-15/h4-9H,10,17H2,1-3H3. The van der Waals surface area contributed by atoms with E-state index in [1.165, 1.54) is 16.7 Å². The van der Waals surface area contributed by atoms with Gasteiger partial charge in [-0.2, -0.15) is 0 Å². The fourth-order valence-corrected chi connectivity index (χ4v) is 1.83. The Bertz CT molecular complexity index is 561. The van der Waals surface area contributed by atoms with Crippen molar-refractivity contribution in [2.24, 2.45) is 5.73 Å². The molecule has 0 aliphatic rings. The fraction of sp³-hybridized carbons (Fsp3) is 0.250. The van der Waals surface area contributed by atoms with Gasteiger partial charge in [-0.05, 0) is 55.7 Å². The van der Waals surface area contributed by atoms with E-state index in [0.29, 0.717) is 6.54 Å². The molecular formula is C16H19NO. The van der Waals surface area contributed by atoms with Crippen LogP contribution in [0.1, 0.15) is 22.3 Å². The first-order valence-electron chi connectivity index (χ1n) is 6.15. The molecule has 0 spiro atoms. The summed E-state index contributed by atoms with van der Waals surface area (Å²) in [5.41, 5.74) is 10.4. The molecule has 0 bridgehead atoms. The average molecular weight is 241 g/mol. The van der Waals surface area contributed by atoms with Gasteiger partial charge in [0.2, 0.25) is 0 Å². The fourth-order valence-electron chi connectivity index (χ4n) is 1.83. The van der Waals surface area contributed by atoms with Crippen LogP contribution in [0.2, 0.25) is 0 Å². The quantitative estimate of drug-likeness (QED) is 0.885.